The van der Waals surface area contributed by atoms with Gasteiger partial charge in [-0.2, -0.15) is 0 Å². The number of fused-ring (bicyclic) bond motifs is 2. The molecule has 0 atom stereocenters. The third kappa shape index (κ3) is 3.20. The van der Waals surface area contributed by atoms with Crippen molar-refractivity contribution in [1.82, 2.24) is 19.5 Å². The van der Waals surface area contributed by atoms with Gasteiger partial charge in [0.05, 0.1) is 27.6 Å². The Morgan fingerprint density at radius 1 is 1.36 bits per heavy atom. The topological polar surface area (TPSA) is 92.7 Å². The number of amides is 1. The van der Waals surface area contributed by atoms with E-state index in [0.717, 1.165) is 36.1 Å². The van der Waals surface area contributed by atoms with Gasteiger partial charge in [-0.1, -0.05) is 13.3 Å². The van der Waals surface area contributed by atoms with Crippen molar-refractivity contribution < 1.29 is 4.79 Å². The van der Waals surface area contributed by atoms with Crippen LogP contribution in [0.1, 0.15) is 40.8 Å². The predicted octanol–water partition coefficient (Wildman–Crippen LogP) is 3.77. The monoisotopic (exact) mass is 395 g/mol. The number of carbonyl (C=O) groups excluding carboxylic acids is 1. The number of carbonyl (C=O) groups is 1. The summed E-state index contributed by atoms with van der Waals surface area (Å²) in [6.07, 6.45) is 4.59. The van der Waals surface area contributed by atoms with E-state index in [2.05, 4.69) is 27.2 Å². The van der Waals surface area contributed by atoms with Crippen LogP contribution in [-0.4, -0.2) is 25.4 Å². The Morgan fingerprint density at radius 2 is 2.18 bits per heavy atom. The molecule has 3 aromatic heterocycles. The zero-order valence-electron chi connectivity index (χ0n) is 16.0. The van der Waals surface area contributed by atoms with Gasteiger partial charge in [-0.05, 0) is 37.1 Å². The van der Waals surface area contributed by atoms with Gasteiger partial charge in [0.2, 0.25) is 0 Å². The molecule has 0 aliphatic rings. The number of anilines is 1. The summed E-state index contributed by atoms with van der Waals surface area (Å²) in [5.74, 6) is 0.718. The van der Waals surface area contributed by atoms with Crippen LogP contribution in [0.3, 0.4) is 0 Å². The van der Waals surface area contributed by atoms with Crippen molar-refractivity contribution in [1.29, 1.82) is 0 Å². The van der Waals surface area contributed by atoms with Gasteiger partial charge in [-0.3, -0.25) is 9.59 Å². The number of benzene rings is 1. The summed E-state index contributed by atoms with van der Waals surface area (Å²) in [6.45, 7) is 3.94. The quantitative estimate of drug-likeness (QED) is 0.538. The summed E-state index contributed by atoms with van der Waals surface area (Å²) < 4.78 is 1.42. The average molecular weight is 395 g/mol. The van der Waals surface area contributed by atoms with E-state index in [9.17, 15) is 9.59 Å². The third-order valence-corrected chi connectivity index (χ3v) is 5.97. The number of H-pyrrole nitrogens is 1. The summed E-state index contributed by atoms with van der Waals surface area (Å²) in [7, 11) is 1.65. The van der Waals surface area contributed by atoms with Crippen LogP contribution in [0.15, 0.2) is 29.3 Å². The number of thiophene rings is 1. The van der Waals surface area contributed by atoms with Crippen LogP contribution in [0.4, 0.5) is 5.69 Å². The minimum atomic E-state index is -0.243. The highest BCUT2D eigenvalue weighted by Gasteiger charge is 2.19. The molecular formula is C20H21N5O2S. The van der Waals surface area contributed by atoms with Gasteiger partial charge in [0, 0.05) is 19.2 Å². The van der Waals surface area contributed by atoms with E-state index >= 15 is 0 Å². The van der Waals surface area contributed by atoms with Gasteiger partial charge >= 0.3 is 0 Å². The molecule has 4 aromatic rings. The fourth-order valence-electron chi connectivity index (χ4n) is 3.22. The van der Waals surface area contributed by atoms with Crippen LogP contribution in [0.2, 0.25) is 0 Å². The Kier molecular flexibility index (Phi) is 4.72. The molecule has 2 N–H and O–H groups in total. The van der Waals surface area contributed by atoms with Crippen LogP contribution >= 0.6 is 11.3 Å². The minimum Gasteiger partial charge on any atom is -0.342 e. The van der Waals surface area contributed by atoms with Crippen molar-refractivity contribution in [2.75, 3.05) is 5.32 Å². The molecule has 0 aliphatic carbocycles. The lowest BCUT2D eigenvalue weighted by atomic mass is 10.2. The number of nitrogens with zero attached hydrogens (tertiary/aromatic N) is 3. The fourth-order valence-corrected chi connectivity index (χ4v) is 4.25. The largest absolute Gasteiger partial charge is 0.342 e. The Labute approximate surface area is 165 Å². The second kappa shape index (κ2) is 7.20. The molecule has 1 aromatic carbocycles. The summed E-state index contributed by atoms with van der Waals surface area (Å²) in [5, 5.41) is 3.43. The molecule has 8 heteroatoms. The van der Waals surface area contributed by atoms with Crippen LogP contribution in [-0.2, 0) is 13.5 Å². The summed E-state index contributed by atoms with van der Waals surface area (Å²) in [5.41, 5.74) is 2.98. The number of hydrogen-bond acceptors (Lipinski definition) is 5. The Morgan fingerprint density at radius 3 is 2.96 bits per heavy atom. The number of rotatable bonds is 5. The number of imidazole rings is 1. The molecule has 0 saturated carbocycles. The van der Waals surface area contributed by atoms with Gasteiger partial charge in [-0.25, -0.2) is 9.97 Å². The third-order valence-electron chi connectivity index (χ3n) is 4.77. The van der Waals surface area contributed by atoms with Crippen molar-refractivity contribution in [3.05, 3.63) is 51.1 Å². The standard InChI is InChI=1S/C20H21N5O2S/c1-4-5-6-15-23-13-8-7-12(9-14(13)24-15)22-18(26)17-11(2)16-19(28-17)21-10-25(3)20(16)27/h7-10H,4-6H2,1-3H3,(H,22,26)(H,23,24). The maximum Gasteiger partial charge on any atom is 0.266 e. The second-order valence-electron chi connectivity index (χ2n) is 6.87. The molecule has 28 heavy (non-hydrogen) atoms. The lowest BCUT2D eigenvalue weighted by molar-refractivity contribution is 0.103. The molecule has 0 aliphatic heterocycles. The second-order valence-corrected chi connectivity index (χ2v) is 7.87. The van der Waals surface area contributed by atoms with Crippen molar-refractivity contribution in [2.45, 2.75) is 33.1 Å². The van der Waals surface area contributed by atoms with E-state index in [0.29, 0.717) is 26.3 Å². The number of aryl methyl sites for hydroxylation is 3. The van der Waals surface area contributed by atoms with E-state index in [1.165, 1.54) is 22.2 Å². The molecule has 0 fully saturated rings. The normalized spacial score (nSPS) is 11.4. The Bertz CT molecular complexity index is 1250. The van der Waals surface area contributed by atoms with Crippen LogP contribution in [0.5, 0.6) is 0 Å². The first-order valence-electron chi connectivity index (χ1n) is 9.22. The predicted molar refractivity (Wildman–Crippen MR) is 112 cm³/mol. The first-order valence-corrected chi connectivity index (χ1v) is 10.0. The van der Waals surface area contributed by atoms with E-state index in [-0.39, 0.29) is 11.5 Å². The zero-order chi connectivity index (χ0) is 19.8. The highest BCUT2D eigenvalue weighted by atomic mass is 32.1. The maximum absolute atomic E-state index is 12.8. The number of hydrogen-bond donors (Lipinski definition) is 2. The molecule has 144 valence electrons. The van der Waals surface area contributed by atoms with Crippen LogP contribution < -0.4 is 10.9 Å². The van der Waals surface area contributed by atoms with Gasteiger partial charge in [0.25, 0.3) is 11.5 Å². The molecule has 7 nitrogen and oxygen atoms in total. The lowest BCUT2D eigenvalue weighted by Gasteiger charge is -2.04. The van der Waals surface area contributed by atoms with Gasteiger partial charge in [0.1, 0.15) is 10.7 Å². The molecular weight excluding hydrogens is 374 g/mol. The fraction of sp³-hybridized carbons (Fsp3) is 0.300. The number of nitrogens with one attached hydrogen (secondary N) is 2. The number of aromatic nitrogens is 4. The zero-order valence-corrected chi connectivity index (χ0v) is 16.8. The average Bonchev–Trinajstić information content (AvgIpc) is 3.23. The molecule has 0 saturated heterocycles. The molecule has 1 amide bonds. The Balaban J connectivity index is 1.63. The highest BCUT2D eigenvalue weighted by Crippen LogP contribution is 2.28. The van der Waals surface area contributed by atoms with Crippen molar-refractivity contribution >= 4 is 44.2 Å². The SMILES string of the molecule is CCCCc1nc2ccc(NC(=O)c3sc4ncn(C)c(=O)c4c3C)cc2[nH]1. The van der Waals surface area contributed by atoms with E-state index in [1.807, 2.05) is 18.2 Å². The van der Waals surface area contributed by atoms with E-state index in [1.54, 1.807) is 14.0 Å². The van der Waals surface area contributed by atoms with Crippen molar-refractivity contribution in [3.63, 3.8) is 0 Å². The smallest absolute Gasteiger partial charge is 0.266 e. The molecule has 3 heterocycles. The molecule has 0 radical (unpaired) electrons. The number of aromatic amines is 1. The van der Waals surface area contributed by atoms with Crippen LogP contribution in [0.25, 0.3) is 21.3 Å². The maximum atomic E-state index is 12.8. The van der Waals surface area contributed by atoms with Crippen molar-refractivity contribution in [3.8, 4) is 0 Å². The van der Waals surface area contributed by atoms with Gasteiger partial charge < -0.3 is 14.9 Å². The van der Waals surface area contributed by atoms with E-state index in [4.69, 9.17) is 0 Å². The first-order chi connectivity index (χ1) is 13.5. The van der Waals surface area contributed by atoms with E-state index < -0.39 is 0 Å². The van der Waals surface area contributed by atoms with Crippen molar-refractivity contribution in [2.24, 2.45) is 7.05 Å². The first kappa shape index (κ1) is 18.4. The molecule has 4 rings (SSSR count). The van der Waals surface area contributed by atoms with Crippen LogP contribution in [0, 0.1) is 6.92 Å². The minimum absolute atomic E-state index is 0.142. The van der Waals surface area contributed by atoms with Gasteiger partial charge in [0.15, 0.2) is 0 Å². The summed E-state index contributed by atoms with van der Waals surface area (Å²) in [6, 6.07) is 5.62. The number of unbranched alkanes of at least 4 members (excludes halogenated alkanes) is 1. The van der Waals surface area contributed by atoms with Gasteiger partial charge in [-0.15, -0.1) is 11.3 Å². The lowest BCUT2D eigenvalue weighted by Crippen LogP contribution is -2.17. The summed E-state index contributed by atoms with van der Waals surface area (Å²) >= 11 is 1.23. The molecule has 0 bridgehead atoms. The summed E-state index contributed by atoms with van der Waals surface area (Å²) in [4.78, 5) is 38.4. The molecule has 0 spiro atoms. The Hall–Kier alpha value is -3.00. The highest BCUT2D eigenvalue weighted by molar-refractivity contribution is 7.20. The molecule has 0 unspecified atom stereocenters.